The van der Waals surface area contributed by atoms with Crippen LogP contribution in [0.25, 0.3) is 0 Å². The molecule has 1 aliphatic heterocycles. The van der Waals surface area contributed by atoms with Gasteiger partial charge in [0.1, 0.15) is 5.60 Å². The third-order valence-electron chi connectivity index (χ3n) is 7.83. The molecule has 2 aromatic carbocycles. The molecule has 41 heavy (non-hydrogen) atoms. The average Bonchev–Trinajstić information content (AvgIpc) is 3.50. The summed E-state index contributed by atoms with van der Waals surface area (Å²) in [5, 5.41) is 10.5. The zero-order valence-electron chi connectivity index (χ0n) is 24.1. The number of carbonyl (C=O) groups excluding carboxylic acids is 1. The standard InChI is InChI=1S/C31H40ClNO6S2/c1-20-12-14-24(15-13-20)41(37,38)33-25(18-21-8-5-6-9-21)29(40-17-16-26(34)39-31(2,3)4)27(30(35)36)28(33)22-10-7-11-23(32)19-22/h7,10-15,19,21,25,27-29H,5-6,8-9,16-18H2,1-4H3,(H,35,36)/t25?,27-,28?,29+/m0/s1. The molecule has 224 valence electrons. The molecule has 2 aromatic rings. The lowest BCUT2D eigenvalue weighted by atomic mass is 9.91. The van der Waals surface area contributed by atoms with E-state index in [-0.39, 0.29) is 17.3 Å². The lowest BCUT2D eigenvalue weighted by Crippen LogP contribution is -2.41. The predicted octanol–water partition coefficient (Wildman–Crippen LogP) is 6.88. The smallest absolute Gasteiger partial charge is 0.309 e. The van der Waals surface area contributed by atoms with Gasteiger partial charge in [0, 0.05) is 22.1 Å². The van der Waals surface area contributed by atoms with Gasteiger partial charge < -0.3 is 9.84 Å². The molecule has 0 bridgehead atoms. The summed E-state index contributed by atoms with van der Waals surface area (Å²) >= 11 is 7.72. The van der Waals surface area contributed by atoms with Crippen LogP contribution in [-0.4, -0.2) is 52.4 Å². The van der Waals surface area contributed by atoms with E-state index in [0.717, 1.165) is 31.2 Å². The Kier molecular flexibility index (Phi) is 10.1. The van der Waals surface area contributed by atoms with Crippen molar-refractivity contribution in [3.63, 3.8) is 0 Å². The molecule has 1 aliphatic carbocycles. The van der Waals surface area contributed by atoms with E-state index in [9.17, 15) is 23.1 Å². The minimum absolute atomic E-state index is 0.105. The van der Waals surface area contributed by atoms with Crippen molar-refractivity contribution in [2.75, 3.05) is 5.75 Å². The number of esters is 1. The second kappa shape index (κ2) is 13.1. The molecule has 0 radical (unpaired) electrons. The highest BCUT2D eigenvalue weighted by molar-refractivity contribution is 8.00. The number of thioether (sulfide) groups is 1. The van der Waals surface area contributed by atoms with Crippen LogP contribution in [-0.2, 0) is 24.3 Å². The molecule has 10 heteroatoms. The highest BCUT2D eigenvalue weighted by atomic mass is 35.5. The first-order valence-corrected chi connectivity index (χ1v) is 17.1. The van der Waals surface area contributed by atoms with Gasteiger partial charge in [-0.1, -0.05) is 67.1 Å². The number of aliphatic carboxylic acids is 1. The third kappa shape index (κ3) is 7.66. The van der Waals surface area contributed by atoms with E-state index in [4.69, 9.17) is 16.3 Å². The van der Waals surface area contributed by atoms with E-state index < -0.39 is 44.8 Å². The van der Waals surface area contributed by atoms with Crippen molar-refractivity contribution >= 4 is 45.3 Å². The number of hydrogen-bond donors (Lipinski definition) is 1. The largest absolute Gasteiger partial charge is 0.481 e. The van der Waals surface area contributed by atoms with Crippen molar-refractivity contribution < 1.29 is 27.9 Å². The number of rotatable bonds is 10. The molecule has 0 aromatic heterocycles. The van der Waals surface area contributed by atoms with Gasteiger partial charge >= 0.3 is 11.9 Å². The van der Waals surface area contributed by atoms with Gasteiger partial charge in [0.05, 0.1) is 23.3 Å². The van der Waals surface area contributed by atoms with Gasteiger partial charge in [-0.05, 0) is 69.9 Å². The van der Waals surface area contributed by atoms with Crippen LogP contribution in [0.1, 0.15) is 76.5 Å². The first kappa shape index (κ1) is 31.9. The molecule has 2 aliphatic rings. The normalized spacial score (nSPS) is 24.0. The van der Waals surface area contributed by atoms with Crippen molar-refractivity contribution in [1.82, 2.24) is 4.31 Å². The highest BCUT2D eigenvalue weighted by Gasteiger charge is 2.57. The summed E-state index contributed by atoms with van der Waals surface area (Å²) in [4.78, 5) is 25.7. The third-order valence-corrected chi connectivity index (χ3v) is 11.4. The van der Waals surface area contributed by atoms with Gasteiger partial charge in [0.2, 0.25) is 10.0 Å². The summed E-state index contributed by atoms with van der Waals surface area (Å²) in [6.45, 7) is 7.30. The SMILES string of the molecule is Cc1ccc(S(=O)(=O)N2C(CC3CCCC3)[C@@H](SCCC(=O)OC(C)(C)C)[C@@H](C(=O)O)C2c2cccc(Cl)c2)cc1. The van der Waals surface area contributed by atoms with E-state index in [2.05, 4.69) is 0 Å². The molecule has 4 rings (SSSR count). The minimum Gasteiger partial charge on any atom is -0.481 e. The van der Waals surface area contributed by atoms with Crippen LogP contribution in [0.2, 0.25) is 5.02 Å². The molecule has 0 spiro atoms. The van der Waals surface area contributed by atoms with Crippen molar-refractivity contribution in [2.24, 2.45) is 11.8 Å². The number of ether oxygens (including phenoxy) is 1. The summed E-state index contributed by atoms with van der Waals surface area (Å²) in [6.07, 6.45) is 4.81. The second-order valence-electron chi connectivity index (χ2n) is 12.1. The first-order chi connectivity index (χ1) is 19.3. The van der Waals surface area contributed by atoms with Crippen LogP contribution in [0.15, 0.2) is 53.4 Å². The van der Waals surface area contributed by atoms with Gasteiger partial charge in [0.15, 0.2) is 0 Å². The first-order valence-electron chi connectivity index (χ1n) is 14.2. The Bertz CT molecular complexity index is 1340. The summed E-state index contributed by atoms with van der Waals surface area (Å²) in [6, 6.07) is 12.0. The average molecular weight is 622 g/mol. The van der Waals surface area contributed by atoms with Crippen LogP contribution in [0, 0.1) is 18.8 Å². The van der Waals surface area contributed by atoms with Crippen LogP contribution in [0.4, 0.5) is 0 Å². The summed E-state index contributed by atoms with van der Waals surface area (Å²) in [5.41, 5.74) is 0.853. The van der Waals surface area contributed by atoms with Crippen molar-refractivity contribution in [3.8, 4) is 0 Å². The molecule has 1 N–H and O–H groups in total. The quantitative estimate of drug-likeness (QED) is 0.289. The van der Waals surface area contributed by atoms with Crippen LogP contribution >= 0.6 is 23.4 Å². The molecule has 0 amide bonds. The van der Waals surface area contributed by atoms with Crippen molar-refractivity contribution in [3.05, 3.63) is 64.7 Å². The Morgan fingerprint density at radius 3 is 2.34 bits per heavy atom. The summed E-state index contributed by atoms with van der Waals surface area (Å²) in [5.74, 6) is -1.84. The fourth-order valence-electron chi connectivity index (χ4n) is 6.12. The minimum atomic E-state index is -4.10. The lowest BCUT2D eigenvalue weighted by molar-refractivity contribution is -0.154. The van der Waals surface area contributed by atoms with Crippen LogP contribution < -0.4 is 0 Å². The number of nitrogens with zero attached hydrogens (tertiary/aromatic N) is 1. The zero-order chi connectivity index (χ0) is 29.9. The molecule has 2 fully saturated rings. The number of halogens is 1. The van der Waals surface area contributed by atoms with Crippen LogP contribution in [0.3, 0.4) is 0 Å². The highest BCUT2D eigenvalue weighted by Crippen LogP contribution is 2.52. The number of aryl methyl sites for hydroxylation is 1. The van der Waals surface area contributed by atoms with E-state index in [1.165, 1.54) is 16.1 Å². The molecule has 2 unspecified atom stereocenters. The Morgan fingerprint density at radius 2 is 1.76 bits per heavy atom. The van der Waals surface area contributed by atoms with Gasteiger partial charge in [-0.2, -0.15) is 16.1 Å². The number of sulfonamides is 1. The number of hydrogen-bond acceptors (Lipinski definition) is 6. The topological polar surface area (TPSA) is 101 Å². The Morgan fingerprint density at radius 1 is 1.10 bits per heavy atom. The van der Waals surface area contributed by atoms with E-state index in [1.807, 2.05) is 6.92 Å². The van der Waals surface area contributed by atoms with Gasteiger partial charge in [-0.25, -0.2) is 8.42 Å². The summed E-state index contributed by atoms with van der Waals surface area (Å²) in [7, 11) is -4.10. The van der Waals surface area contributed by atoms with Crippen molar-refractivity contribution in [2.45, 2.75) is 94.1 Å². The number of carboxylic acids is 1. The maximum Gasteiger partial charge on any atom is 0.309 e. The maximum atomic E-state index is 14.5. The molecule has 1 saturated heterocycles. The number of benzene rings is 2. The number of carbonyl (C=O) groups is 2. The van der Waals surface area contributed by atoms with Gasteiger partial charge in [-0.3, -0.25) is 9.59 Å². The summed E-state index contributed by atoms with van der Waals surface area (Å²) < 4.78 is 35.9. The fraction of sp³-hybridized carbons (Fsp3) is 0.548. The van der Waals surface area contributed by atoms with Gasteiger partial charge in [-0.15, -0.1) is 0 Å². The monoisotopic (exact) mass is 621 g/mol. The zero-order valence-corrected chi connectivity index (χ0v) is 26.5. The van der Waals surface area contributed by atoms with E-state index in [0.29, 0.717) is 28.7 Å². The Hall–Kier alpha value is -2.07. The van der Waals surface area contributed by atoms with E-state index in [1.54, 1.807) is 69.3 Å². The Labute approximate surface area is 253 Å². The Balaban J connectivity index is 1.80. The van der Waals surface area contributed by atoms with Gasteiger partial charge in [0.25, 0.3) is 0 Å². The lowest BCUT2D eigenvalue weighted by Gasteiger charge is -2.32. The molecular weight excluding hydrogens is 582 g/mol. The van der Waals surface area contributed by atoms with E-state index >= 15 is 0 Å². The maximum absolute atomic E-state index is 14.5. The van der Waals surface area contributed by atoms with Crippen LogP contribution in [0.5, 0.6) is 0 Å². The molecule has 4 atom stereocenters. The molecular formula is C31H40ClNO6S2. The van der Waals surface area contributed by atoms with Crippen molar-refractivity contribution in [1.29, 1.82) is 0 Å². The predicted molar refractivity (Wildman–Crippen MR) is 163 cm³/mol. The molecule has 7 nitrogen and oxygen atoms in total. The fourth-order valence-corrected chi connectivity index (χ4v) is 9.74. The molecule has 1 heterocycles. The molecule has 1 saturated carbocycles. The number of carboxylic acid groups (broad SMARTS) is 1. The second-order valence-corrected chi connectivity index (χ2v) is 15.7.